The Morgan fingerprint density at radius 2 is 1.54 bits per heavy atom. The second-order valence-electron chi connectivity index (χ2n) is 9.18. The molecule has 0 spiro atoms. The lowest BCUT2D eigenvalue weighted by atomic mass is 9.99. The van der Waals surface area contributed by atoms with Crippen molar-refractivity contribution in [2.75, 3.05) is 19.6 Å². The van der Waals surface area contributed by atoms with Crippen molar-refractivity contribution >= 4 is 11.7 Å². The molecule has 1 amide bonds. The highest BCUT2D eigenvalue weighted by Gasteiger charge is 2.31. The lowest BCUT2D eigenvalue weighted by Gasteiger charge is -2.29. The van der Waals surface area contributed by atoms with Crippen LogP contribution in [-0.2, 0) is 13.0 Å². The van der Waals surface area contributed by atoms with Crippen molar-refractivity contribution < 1.29 is 27.5 Å². The van der Waals surface area contributed by atoms with E-state index in [1.54, 1.807) is 30.3 Å². The molecule has 0 fully saturated rings. The molecule has 3 aromatic rings. The molecule has 1 aliphatic heterocycles. The van der Waals surface area contributed by atoms with Crippen molar-refractivity contribution in [3.63, 3.8) is 0 Å². The third-order valence-electron chi connectivity index (χ3n) is 6.46. The number of Topliss-reactive ketones (excluding diaryl/α,β-unsaturated/α-hetero) is 1. The molecule has 194 valence electrons. The normalized spacial score (nSPS) is 13.6. The Labute approximate surface area is 214 Å². The van der Waals surface area contributed by atoms with Gasteiger partial charge in [-0.2, -0.15) is 0 Å². The van der Waals surface area contributed by atoms with Crippen molar-refractivity contribution in [2.24, 2.45) is 0 Å². The molecular weight excluding hydrogens is 481 g/mol. The number of hydrogen-bond donors (Lipinski definition) is 1. The van der Waals surface area contributed by atoms with Crippen LogP contribution in [0.3, 0.4) is 0 Å². The third-order valence-corrected chi connectivity index (χ3v) is 6.46. The maximum Gasteiger partial charge on any atom is 0.573 e. The molecule has 0 atom stereocenters. The van der Waals surface area contributed by atoms with E-state index >= 15 is 0 Å². The van der Waals surface area contributed by atoms with E-state index in [9.17, 15) is 22.8 Å². The number of alkyl halides is 3. The van der Waals surface area contributed by atoms with Crippen LogP contribution in [0.1, 0.15) is 51.6 Å². The van der Waals surface area contributed by atoms with E-state index in [1.807, 2.05) is 24.3 Å². The average Bonchev–Trinajstić information content (AvgIpc) is 2.87. The summed E-state index contributed by atoms with van der Waals surface area (Å²) in [6.07, 6.45) is -2.27. The first-order chi connectivity index (χ1) is 17.7. The fraction of sp³-hybridized carbons (Fsp3) is 0.310. The van der Waals surface area contributed by atoms with Gasteiger partial charge in [-0.3, -0.25) is 14.5 Å². The summed E-state index contributed by atoms with van der Waals surface area (Å²) in [7, 11) is 0. The summed E-state index contributed by atoms with van der Waals surface area (Å²) in [6, 6.07) is 19.3. The summed E-state index contributed by atoms with van der Waals surface area (Å²) in [5.41, 5.74) is 5.12. The van der Waals surface area contributed by atoms with Gasteiger partial charge in [0.25, 0.3) is 5.91 Å². The number of hydrogen-bond acceptors (Lipinski definition) is 4. The minimum absolute atomic E-state index is 0.0248. The van der Waals surface area contributed by atoms with Gasteiger partial charge in [-0.15, -0.1) is 13.2 Å². The summed E-state index contributed by atoms with van der Waals surface area (Å²) in [5, 5.41) is 2.96. The lowest BCUT2D eigenvalue weighted by molar-refractivity contribution is -0.274. The smallest absolute Gasteiger partial charge is 0.406 e. The predicted octanol–water partition coefficient (Wildman–Crippen LogP) is 6.02. The standard InChI is InChI=1S/C29H29F3N2O3/c1-20(35)21-4-6-22(7-5-21)23-8-10-24(11-9-23)28(36)33-15-2-3-16-34-17-14-25-18-27(37-29(30,31)32)13-12-26(25)19-34/h4-13,18H,2-3,14-17,19H2,1H3,(H,33,36). The first-order valence-corrected chi connectivity index (χ1v) is 12.3. The Hall–Kier alpha value is -3.65. The molecule has 0 saturated heterocycles. The highest BCUT2D eigenvalue weighted by atomic mass is 19.4. The fourth-order valence-electron chi connectivity index (χ4n) is 4.45. The summed E-state index contributed by atoms with van der Waals surface area (Å²) in [6.45, 7) is 4.42. The van der Waals surface area contributed by atoms with Crippen LogP contribution < -0.4 is 10.1 Å². The Balaban J connectivity index is 1.18. The topological polar surface area (TPSA) is 58.6 Å². The number of fused-ring (bicyclic) bond motifs is 1. The lowest BCUT2D eigenvalue weighted by Crippen LogP contribution is -2.32. The van der Waals surface area contributed by atoms with Gasteiger partial charge >= 0.3 is 6.36 Å². The molecular formula is C29H29F3N2O3. The van der Waals surface area contributed by atoms with Crippen LogP contribution in [-0.4, -0.2) is 42.6 Å². The molecule has 1 N–H and O–H groups in total. The molecule has 0 aliphatic carbocycles. The van der Waals surface area contributed by atoms with E-state index < -0.39 is 6.36 Å². The van der Waals surface area contributed by atoms with Crippen LogP contribution in [0.2, 0.25) is 0 Å². The highest BCUT2D eigenvalue weighted by Crippen LogP contribution is 2.28. The number of halogens is 3. The molecule has 1 heterocycles. The number of nitrogens with one attached hydrogen (secondary N) is 1. The molecule has 3 aromatic carbocycles. The number of carbonyl (C=O) groups excluding carboxylic acids is 2. The van der Waals surface area contributed by atoms with Gasteiger partial charge in [0.15, 0.2) is 5.78 Å². The van der Waals surface area contributed by atoms with Crippen LogP contribution in [0.15, 0.2) is 66.7 Å². The molecule has 0 saturated carbocycles. The number of ether oxygens (including phenoxy) is 1. The van der Waals surface area contributed by atoms with Crippen LogP contribution in [0, 0.1) is 0 Å². The van der Waals surface area contributed by atoms with Crippen molar-refractivity contribution in [3.05, 3.63) is 89.0 Å². The van der Waals surface area contributed by atoms with E-state index in [4.69, 9.17) is 0 Å². The zero-order valence-electron chi connectivity index (χ0n) is 20.6. The van der Waals surface area contributed by atoms with Gasteiger partial charge < -0.3 is 10.1 Å². The van der Waals surface area contributed by atoms with E-state index in [2.05, 4.69) is 15.0 Å². The Kier molecular flexibility index (Phi) is 8.28. The van der Waals surface area contributed by atoms with Gasteiger partial charge in [0.05, 0.1) is 0 Å². The Morgan fingerprint density at radius 3 is 2.16 bits per heavy atom. The van der Waals surface area contributed by atoms with Gasteiger partial charge in [0.1, 0.15) is 5.75 Å². The Morgan fingerprint density at radius 1 is 0.892 bits per heavy atom. The number of rotatable bonds is 9. The molecule has 0 unspecified atom stereocenters. The van der Waals surface area contributed by atoms with Crippen molar-refractivity contribution in [1.82, 2.24) is 10.2 Å². The van der Waals surface area contributed by atoms with E-state index in [0.717, 1.165) is 48.2 Å². The van der Waals surface area contributed by atoms with Gasteiger partial charge in [-0.25, -0.2) is 0 Å². The van der Waals surface area contributed by atoms with Gasteiger partial charge in [-0.1, -0.05) is 42.5 Å². The summed E-state index contributed by atoms with van der Waals surface area (Å²) in [5.74, 6) is -0.271. The minimum atomic E-state index is -4.68. The van der Waals surface area contributed by atoms with Gasteiger partial charge in [0, 0.05) is 30.8 Å². The molecule has 0 bridgehead atoms. The van der Waals surface area contributed by atoms with Gasteiger partial charge in [0.2, 0.25) is 0 Å². The summed E-state index contributed by atoms with van der Waals surface area (Å²) < 4.78 is 41.3. The maximum absolute atomic E-state index is 12.5. The van der Waals surface area contributed by atoms with Crippen molar-refractivity contribution in [2.45, 2.75) is 39.1 Å². The molecule has 5 nitrogen and oxygen atoms in total. The molecule has 1 aliphatic rings. The first-order valence-electron chi connectivity index (χ1n) is 12.3. The zero-order valence-corrected chi connectivity index (χ0v) is 20.6. The average molecular weight is 511 g/mol. The number of carbonyl (C=O) groups is 2. The highest BCUT2D eigenvalue weighted by molar-refractivity contribution is 5.95. The number of ketones is 1. The van der Waals surface area contributed by atoms with Crippen molar-refractivity contribution in [3.8, 4) is 16.9 Å². The minimum Gasteiger partial charge on any atom is -0.406 e. The largest absolute Gasteiger partial charge is 0.573 e. The van der Waals surface area contributed by atoms with Crippen molar-refractivity contribution in [1.29, 1.82) is 0 Å². The monoisotopic (exact) mass is 510 g/mol. The van der Waals surface area contributed by atoms with E-state index in [0.29, 0.717) is 30.6 Å². The van der Waals surface area contributed by atoms with Crippen LogP contribution in [0.4, 0.5) is 13.2 Å². The summed E-state index contributed by atoms with van der Waals surface area (Å²) >= 11 is 0. The first kappa shape index (κ1) is 26.4. The number of nitrogens with zero attached hydrogens (tertiary/aromatic N) is 1. The third kappa shape index (κ3) is 7.43. The molecule has 0 radical (unpaired) electrons. The second kappa shape index (κ2) is 11.6. The second-order valence-corrected chi connectivity index (χ2v) is 9.18. The number of benzene rings is 3. The van der Waals surface area contributed by atoms with E-state index in [-0.39, 0.29) is 17.4 Å². The molecule has 4 rings (SSSR count). The van der Waals surface area contributed by atoms with Crippen LogP contribution in [0.25, 0.3) is 11.1 Å². The van der Waals surface area contributed by atoms with Gasteiger partial charge in [-0.05, 0) is 79.3 Å². The van der Waals surface area contributed by atoms with Crippen LogP contribution >= 0.6 is 0 Å². The molecule has 8 heteroatoms. The molecule has 37 heavy (non-hydrogen) atoms. The maximum atomic E-state index is 12.5. The fourth-order valence-corrected chi connectivity index (χ4v) is 4.45. The SMILES string of the molecule is CC(=O)c1ccc(-c2ccc(C(=O)NCCCCN3CCc4cc(OC(F)(F)F)ccc4C3)cc2)cc1. The van der Waals surface area contributed by atoms with Crippen LogP contribution in [0.5, 0.6) is 5.75 Å². The molecule has 0 aromatic heterocycles. The Bertz CT molecular complexity index is 1240. The zero-order chi connectivity index (χ0) is 26.4. The number of unbranched alkanes of at least 4 members (excludes halogenated alkanes) is 1. The summed E-state index contributed by atoms with van der Waals surface area (Å²) in [4.78, 5) is 26.2. The quantitative estimate of drug-likeness (QED) is 0.282. The number of amides is 1. The predicted molar refractivity (Wildman–Crippen MR) is 136 cm³/mol. The van der Waals surface area contributed by atoms with E-state index in [1.165, 1.54) is 19.1 Å².